The Morgan fingerprint density at radius 1 is 1.13 bits per heavy atom. The molecule has 0 aliphatic heterocycles. The van der Waals surface area contributed by atoms with Crippen LogP contribution in [-0.2, 0) is 4.79 Å². The predicted molar refractivity (Wildman–Crippen MR) is 62.1 cm³/mol. The number of halogens is 1. The van der Waals surface area contributed by atoms with E-state index in [-0.39, 0.29) is 5.92 Å². The fourth-order valence-electron chi connectivity index (χ4n) is 2.08. The molecule has 0 N–H and O–H groups in total. The Kier molecular flexibility index (Phi) is 3.22. The van der Waals surface area contributed by atoms with Crippen molar-refractivity contribution in [3.05, 3.63) is 47.0 Å². The molecule has 78 valence electrons. The maximum absolute atomic E-state index is 11.0. The number of hydrogen-bond donors (Lipinski definition) is 0. The van der Waals surface area contributed by atoms with Crippen LogP contribution in [0.5, 0.6) is 0 Å². The van der Waals surface area contributed by atoms with Gasteiger partial charge in [0.25, 0.3) is 0 Å². The Balaban J connectivity index is 2.25. The zero-order valence-corrected chi connectivity index (χ0v) is 9.15. The number of aldehydes is 1. The third-order valence-electron chi connectivity index (χ3n) is 2.95. The Labute approximate surface area is 94.8 Å². The summed E-state index contributed by atoms with van der Waals surface area (Å²) in [5.41, 5.74) is 1.21. The summed E-state index contributed by atoms with van der Waals surface area (Å²) in [7, 11) is 0. The molecule has 0 spiro atoms. The monoisotopic (exact) mass is 220 g/mol. The third-order valence-corrected chi connectivity index (χ3v) is 3.21. The Morgan fingerprint density at radius 2 is 1.80 bits per heavy atom. The average molecular weight is 221 g/mol. The van der Waals surface area contributed by atoms with Crippen LogP contribution in [0.2, 0.25) is 5.02 Å². The van der Waals surface area contributed by atoms with Gasteiger partial charge in [-0.15, -0.1) is 0 Å². The molecule has 1 aromatic rings. The quantitative estimate of drug-likeness (QED) is 0.550. The zero-order valence-electron chi connectivity index (χ0n) is 8.40. The van der Waals surface area contributed by atoms with Gasteiger partial charge >= 0.3 is 0 Å². The number of benzene rings is 1. The molecular weight excluding hydrogens is 208 g/mol. The van der Waals surface area contributed by atoms with Crippen LogP contribution in [0.1, 0.15) is 24.3 Å². The molecule has 0 saturated heterocycles. The molecule has 0 amide bonds. The number of allylic oxidation sites excluding steroid dienone is 2. The van der Waals surface area contributed by atoms with Gasteiger partial charge in [-0.1, -0.05) is 35.9 Å². The molecule has 0 unspecified atom stereocenters. The molecule has 1 aliphatic carbocycles. The molecule has 1 aromatic carbocycles. The number of carbonyl (C=O) groups is 1. The van der Waals surface area contributed by atoms with E-state index in [2.05, 4.69) is 12.2 Å². The van der Waals surface area contributed by atoms with Crippen molar-refractivity contribution in [1.29, 1.82) is 0 Å². The van der Waals surface area contributed by atoms with E-state index in [4.69, 9.17) is 11.6 Å². The molecule has 2 rings (SSSR count). The van der Waals surface area contributed by atoms with Crippen molar-refractivity contribution < 1.29 is 4.79 Å². The van der Waals surface area contributed by atoms with E-state index < -0.39 is 0 Å². The highest BCUT2D eigenvalue weighted by molar-refractivity contribution is 6.30. The average Bonchev–Trinajstić information content (AvgIpc) is 2.30. The summed E-state index contributed by atoms with van der Waals surface area (Å²) in [4.78, 5) is 11.0. The van der Waals surface area contributed by atoms with E-state index in [0.29, 0.717) is 5.92 Å². The van der Waals surface area contributed by atoms with Crippen LogP contribution < -0.4 is 0 Å². The van der Waals surface area contributed by atoms with Gasteiger partial charge in [0.15, 0.2) is 0 Å². The molecule has 0 saturated carbocycles. The van der Waals surface area contributed by atoms with Crippen LogP contribution in [-0.4, -0.2) is 6.29 Å². The molecule has 0 aromatic heterocycles. The van der Waals surface area contributed by atoms with E-state index in [1.54, 1.807) is 0 Å². The van der Waals surface area contributed by atoms with Gasteiger partial charge in [0.05, 0.1) is 0 Å². The van der Waals surface area contributed by atoms with E-state index in [0.717, 1.165) is 24.2 Å². The fraction of sp³-hybridized carbons (Fsp3) is 0.308. The van der Waals surface area contributed by atoms with Crippen LogP contribution >= 0.6 is 11.6 Å². The van der Waals surface area contributed by atoms with Crippen LogP contribution in [0.25, 0.3) is 0 Å². The van der Waals surface area contributed by atoms with Gasteiger partial charge in [0.1, 0.15) is 6.29 Å². The van der Waals surface area contributed by atoms with Crippen molar-refractivity contribution in [1.82, 2.24) is 0 Å². The molecular formula is C13H13ClO. The van der Waals surface area contributed by atoms with E-state index in [1.807, 2.05) is 24.3 Å². The highest BCUT2D eigenvalue weighted by Gasteiger charge is 2.23. The van der Waals surface area contributed by atoms with Crippen LogP contribution in [0.4, 0.5) is 0 Å². The summed E-state index contributed by atoms with van der Waals surface area (Å²) in [6.45, 7) is 0. The molecule has 1 nitrogen and oxygen atoms in total. The fourth-order valence-corrected chi connectivity index (χ4v) is 2.20. The largest absolute Gasteiger partial charge is 0.303 e. The Bertz CT molecular complexity index is 367. The molecule has 15 heavy (non-hydrogen) atoms. The summed E-state index contributed by atoms with van der Waals surface area (Å²) in [5.74, 6) is 0.445. The van der Waals surface area contributed by atoms with E-state index in [9.17, 15) is 4.79 Å². The number of hydrogen-bond acceptors (Lipinski definition) is 1. The van der Waals surface area contributed by atoms with Gasteiger partial charge in [-0.2, -0.15) is 0 Å². The molecule has 0 radical (unpaired) electrons. The normalized spacial score (nSPS) is 25.1. The highest BCUT2D eigenvalue weighted by Crippen LogP contribution is 2.33. The van der Waals surface area contributed by atoms with Crippen LogP contribution in [0.3, 0.4) is 0 Å². The van der Waals surface area contributed by atoms with E-state index >= 15 is 0 Å². The van der Waals surface area contributed by atoms with Gasteiger partial charge in [0, 0.05) is 10.9 Å². The second-order valence-corrected chi connectivity index (χ2v) is 4.34. The minimum Gasteiger partial charge on any atom is -0.303 e. The number of carbonyl (C=O) groups excluding carboxylic acids is 1. The van der Waals surface area contributed by atoms with Gasteiger partial charge in [-0.05, 0) is 36.5 Å². The first-order valence-corrected chi connectivity index (χ1v) is 5.55. The highest BCUT2D eigenvalue weighted by atomic mass is 35.5. The van der Waals surface area contributed by atoms with Crippen LogP contribution in [0, 0.1) is 5.92 Å². The first-order valence-electron chi connectivity index (χ1n) is 5.17. The lowest BCUT2D eigenvalue weighted by Gasteiger charge is -2.24. The lowest BCUT2D eigenvalue weighted by molar-refractivity contribution is -0.111. The first-order chi connectivity index (χ1) is 7.31. The second kappa shape index (κ2) is 4.63. The van der Waals surface area contributed by atoms with Gasteiger partial charge < -0.3 is 4.79 Å². The topological polar surface area (TPSA) is 17.1 Å². The minimum atomic E-state index is 0.121. The summed E-state index contributed by atoms with van der Waals surface area (Å²) in [6.07, 6.45) is 7.12. The minimum absolute atomic E-state index is 0.121. The molecule has 1 aliphatic rings. The molecule has 0 bridgehead atoms. The maximum Gasteiger partial charge on any atom is 0.124 e. The van der Waals surface area contributed by atoms with E-state index in [1.165, 1.54) is 5.56 Å². The smallest absolute Gasteiger partial charge is 0.124 e. The van der Waals surface area contributed by atoms with Gasteiger partial charge in [0.2, 0.25) is 0 Å². The summed E-state index contributed by atoms with van der Waals surface area (Å²) >= 11 is 5.84. The lowest BCUT2D eigenvalue weighted by Crippen LogP contribution is -2.16. The molecule has 0 fully saturated rings. The summed E-state index contributed by atoms with van der Waals surface area (Å²) in [5, 5.41) is 0.743. The molecule has 0 heterocycles. The summed E-state index contributed by atoms with van der Waals surface area (Å²) < 4.78 is 0. The maximum atomic E-state index is 11.0. The van der Waals surface area contributed by atoms with Crippen molar-refractivity contribution in [3.63, 3.8) is 0 Å². The third kappa shape index (κ3) is 2.29. The number of rotatable bonds is 2. The second-order valence-electron chi connectivity index (χ2n) is 3.90. The Hall–Kier alpha value is -1.08. The predicted octanol–water partition coefficient (Wildman–Crippen LogP) is 3.59. The SMILES string of the molecule is O=C[C@@H]1CC=CC[C@H]1c1ccc(Cl)cc1. The van der Waals surface area contributed by atoms with Crippen molar-refractivity contribution in [2.24, 2.45) is 5.92 Å². The van der Waals surface area contributed by atoms with Crippen molar-refractivity contribution in [2.45, 2.75) is 18.8 Å². The first kappa shape index (κ1) is 10.4. The van der Waals surface area contributed by atoms with Crippen molar-refractivity contribution in [3.8, 4) is 0 Å². The van der Waals surface area contributed by atoms with Gasteiger partial charge in [-0.25, -0.2) is 0 Å². The zero-order chi connectivity index (χ0) is 10.7. The molecule has 2 heteroatoms. The Morgan fingerprint density at radius 3 is 2.47 bits per heavy atom. The van der Waals surface area contributed by atoms with Gasteiger partial charge in [-0.3, -0.25) is 0 Å². The van der Waals surface area contributed by atoms with Crippen molar-refractivity contribution >= 4 is 17.9 Å². The van der Waals surface area contributed by atoms with Crippen LogP contribution in [0.15, 0.2) is 36.4 Å². The molecule has 2 atom stereocenters. The lowest BCUT2D eigenvalue weighted by atomic mass is 9.79. The summed E-state index contributed by atoms with van der Waals surface area (Å²) in [6, 6.07) is 7.81. The van der Waals surface area contributed by atoms with Crippen molar-refractivity contribution in [2.75, 3.05) is 0 Å². The standard InChI is InChI=1S/C13H13ClO/c14-12-7-5-10(6-8-12)13-4-2-1-3-11(13)9-15/h1-2,5-9,11,13H,3-4H2/t11-,13-/m0/s1.